The van der Waals surface area contributed by atoms with E-state index in [-0.39, 0.29) is 18.4 Å². The van der Waals surface area contributed by atoms with E-state index in [4.69, 9.17) is 5.73 Å². The van der Waals surface area contributed by atoms with Gasteiger partial charge in [0.2, 0.25) is 5.91 Å². The fraction of sp³-hybridized carbons (Fsp3) is 0.364. The first-order valence-corrected chi connectivity index (χ1v) is 9.78. The van der Waals surface area contributed by atoms with Gasteiger partial charge < -0.3 is 16.4 Å². The second kappa shape index (κ2) is 10.0. The van der Waals surface area contributed by atoms with Crippen molar-refractivity contribution in [1.29, 1.82) is 0 Å². The predicted octanol–water partition coefficient (Wildman–Crippen LogP) is 2.23. The van der Waals surface area contributed by atoms with E-state index < -0.39 is 0 Å². The minimum Gasteiger partial charge on any atom is -0.355 e. The zero-order valence-corrected chi connectivity index (χ0v) is 16.1. The van der Waals surface area contributed by atoms with Crippen molar-refractivity contribution in [2.45, 2.75) is 19.4 Å². The molecule has 1 saturated heterocycles. The highest BCUT2D eigenvalue weighted by atomic mass is 16.2. The molecule has 6 nitrogen and oxygen atoms in total. The third kappa shape index (κ3) is 5.90. The number of carbonyl (C=O) groups excluding carboxylic acids is 2. The predicted molar refractivity (Wildman–Crippen MR) is 111 cm³/mol. The number of hydrogen-bond acceptors (Lipinski definition) is 4. The van der Waals surface area contributed by atoms with E-state index in [9.17, 15) is 9.59 Å². The number of nitrogens with two attached hydrogens (primary N) is 1. The van der Waals surface area contributed by atoms with Crippen LogP contribution in [0.25, 0.3) is 0 Å². The molecule has 6 heteroatoms. The second-order valence-corrected chi connectivity index (χ2v) is 7.24. The summed E-state index contributed by atoms with van der Waals surface area (Å²) in [6.07, 6.45) is 2.14. The van der Waals surface area contributed by atoms with Crippen LogP contribution >= 0.6 is 0 Å². The lowest BCUT2D eigenvalue weighted by atomic mass is 9.96. The topological polar surface area (TPSA) is 87.5 Å². The van der Waals surface area contributed by atoms with Gasteiger partial charge in [0, 0.05) is 24.3 Å². The highest BCUT2D eigenvalue weighted by molar-refractivity contribution is 6.04. The molecule has 0 aliphatic carbocycles. The van der Waals surface area contributed by atoms with Gasteiger partial charge in [-0.25, -0.2) is 0 Å². The number of hydrogen-bond donors (Lipinski definition) is 3. The van der Waals surface area contributed by atoms with Crippen molar-refractivity contribution in [3.05, 3.63) is 65.7 Å². The molecule has 4 N–H and O–H groups in total. The van der Waals surface area contributed by atoms with E-state index in [0.29, 0.717) is 11.5 Å². The number of para-hydroxylation sites is 1. The van der Waals surface area contributed by atoms with Gasteiger partial charge in [-0.2, -0.15) is 0 Å². The Morgan fingerprint density at radius 2 is 1.68 bits per heavy atom. The second-order valence-electron chi connectivity index (χ2n) is 7.24. The van der Waals surface area contributed by atoms with E-state index >= 15 is 0 Å². The summed E-state index contributed by atoms with van der Waals surface area (Å²) in [7, 11) is 0. The number of rotatable bonds is 7. The van der Waals surface area contributed by atoms with Crippen molar-refractivity contribution < 1.29 is 9.59 Å². The number of nitrogens with zero attached hydrogens (tertiary/aromatic N) is 1. The van der Waals surface area contributed by atoms with Crippen LogP contribution in [0.3, 0.4) is 0 Å². The number of nitrogens with one attached hydrogen (secondary N) is 2. The molecule has 0 radical (unpaired) electrons. The quantitative estimate of drug-likeness (QED) is 0.687. The first-order chi connectivity index (χ1) is 13.6. The summed E-state index contributed by atoms with van der Waals surface area (Å²) in [5.74, 6) is 0.340. The van der Waals surface area contributed by atoms with Crippen LogP contribution in [-0.4, -0.2) is 42.9 Å². The molecule has 0 spiro atoms. The molecule has 1 heterocycles. The summed E-state index contributed by atoms with van der Waals surface area (Å²) in [4.78, 5) is 26.0. The first kappa shape index (κ1) is 20.0. The van der Waals surface area contributed by atoms with Crippen molar-refractivity contribution in [3.63, 3.8) is 0 Å². The summed E-state index contributed by atoms with van der Waals surface area (Å²) < 4.78 is 0. The number of benzene rings is 2. The molecular formula is C22H28N4O2. The zero-order chi connectivity index (χ0) is 19.8. The van der Waals surface area contributed by atoms with Crippen molar-refractivity contribution in [1.82, 2.24) is 10.2 Å². The van der Waals surface area contributed by atoms with Gasteiger partial charge in [0.1, 0.15) is 0 Å². The van der Waals surface area contributed by atoms with Gasteiger partial charge in [-0.05, 0) is 61.7 Å². The lowest BCUT2D eigenvalue weighted by molar-refractivity contribution is -0.120. The lowest BCUT2D eigenvalue weighted by Gasteiger charge is -2.32. The van der Waals surface area contributed by atoms with E-state index in [1.165, 1.54) is 5.56 Å². The molecule has 3 rings (SSSR count). The average molecular weight is 380 g/mol. The molecule has 148 valence electrons. The molecule has 1 aliphatic heterocycles. The Balaban J connectivity index is 1.45. The molecule has 2 aromatic carbocycles. The maximum atomic E-state index is 12.3. The van der Waals surface area contributed by atoms with E-state index in [1.54, 1.807) is 0 Å². The van der Waals surface area contributed by atoms with Gasteiger partial charge in [-0.15, -0.1) is 0 Å². The average Bonchev–Trinajstić information content (AvgIpc) is 2.74. The van der Waals surface area contributed by atoms with Gasteiger partial charge in [0.25, 0.3) is 5.91 Å². The summed E-state index contributed by atoms with van der Waals surface area (Å²) in [6, 6.07) is 17.3. The van der Waals surface area contributed by atoms with Crippen LogP contribution in [0.5, 0.6) is 0 Å². The smallest absolute Gasteiger partial charge is 0.255 e. The van der Waals surface area contributed by atoms with Gasteiger partial charge in [0.05, 0.1) is 6.54 Å². The molecule has 0 aromatic heterocycles. The molecule has 0 saturated carbocycles. The fourth-order valence-electron chi connectivity index (χ4n) is 3.42. The largest absolute Gasteiger partial charge is 0.355 e. The molecule has 2 aromatic rings. The Morgan fingerprint density at radius 3 is 2.32 bits per heavy atom. The van der Waals surface area contributed by atoms with Gasteiger partial charge in [-0.3, -0.25) is 14.5 Å². The number of piperidine rings is 1. The molecule has 2 amide bonds. The molecule has 0 unspecified atom stereocenters. The maximum Gasteiger partial charge on any atom is 0.255 e. The molecule has 0 bridgehead atoms. The van der Waals surface area contributed by atoms with Gasteiger partial charge in [-0.1, -0.05) is 30.3 Å². The Kier molecular flexibility index (Phi) is 7.17. The molecule has 28 heavy (non-hydrogen) atoms. The van der Waals surface area contributed by atoms with E-state index in [2.05, 4.69) is 15.5 Å². The molecular weight excluding hydrogens is 352 g/mol. The SMILES string of the molecule is NCC(=O)NCC1CCN(Cc2ccc(C(=O)Nc3ccccc3)cc2)CC1. The Labute approximate surface area is 166 Å². The van der Waals surface area contributed by atoms with Crippen molar-refractivity contribution in [3.8, 4) is 0 Å². The minimum atomic E-state index is -0.0990. The van der Waals surface area contributed by atoms with Crippen LogP contribution in [0.15, 0.2) is 54.6 Å². The van der Waals surface area contributed by atoms with Gasteiger partial charge in [0.15, 0.2) is 0 Å². The van der Waals surface area contributed by atoms with Crippen molar-refractivity contribution >= 4 is 17.5 Å². The highest BCUT2D eigenvalue weighted by Crippen LogP contribution is 2.19. The molecule has 1 aliphatic rings. The normalized spacial score (nSPS) is 15.2. The van der Waals surface area contributed by atoms with Crippen LogP contribution in [0.2, 0.25) is 0 Å². The van der Waals surface area contributed by atoms with Crippen LogP contribution < -0.4 is 16.4 Å². The summed E-state index contributed by atoms with van der Waals surface area (Å²) in [5.41, 5.74) is 7.97. The zero-order valence-electron chi connectivity index (χ0n) is 16.1. The third-order valence-corrected chi connectivity index (χ3v) is 5.13. The maximum absolute atomic E-state index is 12.3. The number of amides is 2. The fourth-order valence-corrected chi connectivity index (χ4v) is 3.42. The van der Waals surface area contributed by atoms with Crippen LogP contribution in [0, 0.1) is 5.92 Å². The number of likely N-dealkylation sites (tertiary alicyclic amines) is 1. The van der Waals surface area contributed by atoms with E-state index in [1.807, 2.05) is 54.6 Å². The van der Waals surface area contributed by atoms with Crippen molar-refractivity contribution in [2.75, 3.05) is 31.5 Å². The minimum absolute atomic E-state index is 0.0538. The Bertz CT molecular complexity index is 769. The Morgan fingerprint density at radius 1 is 1.00 bits per heavy atom. The monoisotopic (exact) mass is 380 g/mol. The first-order valence-electron chi connectivity index (χ1n) is 9.78. The van der Waals surface area contributed by atoms with Crippen LogP contribution in [0.1, 0.15) is 28.8 Å². The summed E-state index contributed by atoms with van der Waals surface area (Å²) in [5, 5.41) is 5.78. The standard InChI is InChI=1S/C22H28N4O2/c23-14-21(27)24-15-17-10-12-26(13-11-17)16-18-6-8-19(9-7-18)22(28)25-20-4-2-1-3-5-20/h1-9,17H,10-16,23H2,(H,24,27)(H,25,28). The summed E-state index contributed by atoms with van der Waals surface area (Å²) in [6.45, 7) is 3.68. The van der Waals surface area contributed by atoms with Gasteiger partial charge >= 0.3 is 0 Å². The van der Waals surface area contributed by atoms with Crippen LogP contribution in [-0.2, 0) is 11.3 Å². The lowest BCUT2D eigenvalue weighted by Crippen LogP contribution is -2.39. The molecule has 0 atom stereocenters. The van der Waals surface area contributed by atoms with Crippen molar-refractivity contribution in [2.24, 2.45) is 11.7 Å². The van der Waals surface area contributed by atoms with Crippen LogP contribution in [0.4, 0.5) is 5.69 Å². The molecule has 1 fully saturated rings. The summed E-state index contributed by atoms with van der Waals surface area (Å²) >= 11 is 0. The number of carbonyl (C=O) groups is 2. The number of anilines is 1. The highest BCUT2D eigenvalue weighted by Gasteiger charge is 2.19. The Hall–Kier alpha value is -2.70. The van der Waals surface area contributed by atoms with E-state index in [0.717, 1.165) is 44.7 Å². The third-order valence-electron chi connectivity index (χ3n) is 5.13.